The minimum absolute atomic E-state index is 0.257. The van der Waals surface area contributed by atoms with Crippen molar-refractivity contribution in [3.05, 3.63) is 34.3 Å². The summed E-state index contributed by atoms with van der Waals surface area (Å²) >= 11 is 5.96. The molecule has 1 heterocycles. The molecule has 0 fully saturated rings. The van der Waals surface area contributed by atoms with E-state index >= 15 is 0 Å². The molecule has 0 spiro atoms. The molecule has 1 aromatic carbocycles. The lowest BCUT2D eigenvalue weighted by Crippen LogP contribution is -2.35. The number of methoxy groups -OCH3 is 1. The number of ether oxygens (including phenoxy) is 2. The minimum atomic E-state index is -0.898. The number of carbonyl (C=O) groups excluding carboxylic acids is 2. The van der Waals surface area contributed by atoms with Crippen LogP contribution in [-0.2, 0) is 20.7 Å². The summed E-state index contributed by atoms with van der Waals surface area (Å²) in [5.74, 6) is -1.11. The van der Waals surface area contributed by atoms with Crippen LogP contribution in [0.5, 0.6) is 0 Å². The number of benzene rings is 1. The number of cyclic esters (lactones) is 1. The highest BCUT2D eigenvalue weighted by Crippen LogP contribution is 2.27. The Kier molecular flexibility index (Phi) is 2.83. The Bertz CT molecular complexity index is 455. The van der Waals surface area contributed by atoms with Crippen LogP contribution in [0.1, 0.15) is 15.9 Å². The van der Waals surface area contributed by atoms with E-state index in [0.29, 0.717) is 16.1 Å². The van der Waals surface area contributed by atoms with Crippen molar-refractivity contribution in [2.75, 3.05) is 7.11 Å². The minimum Gasteiger partial charge on any atom is -0.466 e. The zero-order chi connectivity index (χ0) is 11.7. The predicted molar refractivity (Wildman–Crippen MR) is 56.4 cm³/mol. The van der Waals surface area contributed by atoms with Gasteiger partial charge in [-0.1, -0.05) is 17.7 Å². The molecule has 0 aliphatic carbocycles. The van der Waals surface area contributed by atoms with E-state index in [1.54, 1.807) is 18.2 Å². The summed E-state index contributed by atoms with van der Waals surface area (Å²) in [5.41, 5.74) is 1.04. The Balaban J connectivity index is 2.39. The third-order valence-corrected chi connectivity index (χ3v) is 2.80. The average Bonchev–Trinajstić information content (AvgIpc) is 2.29. The monoisotopic (exact) mass is 240 g/mol. The second-order valence-electron chi connectivity index (χ2n) is 3.39. The van der Waals surface area contributed by atoms with Gasteiger partial charge < -0.3 is 9.47 Å². The molecule has 0 N–H and O–H groups in total. The lowest BCUT2D eigenvalue weighted by molar-refractivity contribution is -0.151. The number of carbonyl (C=O) groups is 2. The first-order valence-electron chi connectivity index (χ1n) is 4.69. The zero-order valence-electron chi connectivity index (χ0n) is 8.53. The molecule has 84 valence electrons. The van der Waals surface area contributed by atoms with Crippen LogP contribution in [0, 0.1) is 0 Å². The summed E-state index contributed by atoms with van der Waals surface area (Å²) in [6, 6.07) is 4.96. The van der Waals surface area contributed by atoms with Gasteiger partial charge in [-0.25, -0.2) is 9.59 Å². The van der Waals surface area contributed by atoms with Gasteiger partial charge in [-0.2, -0.15) is 0 Å². The van der Waals surface area contributed by atoms with Crippen LogP contribution in [0.4, 0.5) is 0 Å². The fraction of sp³-hybridized carbons (Fsp3) is 0.273. The number of halogens is 1. The van der Waals surface area contributed by atoms with Crippen molar-refractivity contribution in [1.29, 1.82) is 0 Å². The first-order valence-corrected chi connectivity index (χ1v) is 5.07. The molecule has 0 bridgehead atoms. The van der Waals surface area contributed by atoms with Crippen LogP contribution in [-0.4, -0.2) is 25.2 Å². The zero-order valence-corrected chi connectivity index (χ0v) is 9.28. The van der Waals surface area contributed by atoms with Gasteiger partial charge in [0.25, 0.3) is 0 Å². The van der Waals surface area contributed by atoms with Crippen molar-refractivity contribution >= 4 is 23.5 Å². The molecule has 5 heteroatoms. The van der Waals surface area contributed by atoms with E-state index in [1.807, 2.05) is 0 Å². The molecule has 2 rings (SSSR count). The fourth-order valence-corrected chi connectivity index (χ4v) is 1.89. The maximum atomic E-state index is 11.6. The van der Waals surface area contributed by atoms with Crippen LogP contribution in [0.2, 0.25) is 5.02 Å². The van der Waals surface area contributed by atoms with Gasteiger partial charge in [0.05, 0.1) is 12.7 Å². The van der Waals surface area contributed by atoms with Crippen LogP contribution >= 0.6 is 11.6 Å². The van der Waals surface area contributed by atoms with Gasteiger partial charge in [0.1, 0.15) is 0 Å². The summed E-state index contributed by atoms with van der Waals surface area (Å²) in [4.78, 5) is 22.9. The van der Waals surface area contributed by atoms with Gasteiger partial charge in [-0.05, 0) is 17.7 Å². The quantitative estimate of drug-likeness (QED) is 0.700. The van der Waals surface area contributed by atoms with Crippen molar-refractivity contribution in [2.24, 2.45) is 0 Å². The summed E-state index contributed by atoms with van der Waals surface area (Å²) < 4.78 is 9.48. The Morgan fingerprint density at radius 1 is 1.56 bits per heavy atom. The van der Waals surface area contributed by atoms with Gasteiger partial charge in [0.2, 0.25) is 6.10 Å². The molecule has 0 saturated heterocycles. The van der Waals surface area contributed by atoms with Gasteiger partial charge in [0.15, 0.2) is 0 Å². The number of hydrogen-bond acceptors (Lipinski definition) is 4. The third kappa shape index (κ3) is 1.76. The average molecular weight is 241 g/mol. The van der Waals surface area contributed by atoms with Gasteiger partial charge in [0, 0.05) is 11.4 Å². The van der Waals surface area contributed by atoms with Crippen molar-refractivity contribution in [2.45, 2.75) is 12.5 Å². The summed E-state index contributed by atoms with van der Waals surface area (Å²) in [6.07, 6.45) is -0.641. The molecule has 4 nitrogen and oxygen atoms in total. The van der Waals surface area contributed by atoms with E-state index in [2.05, 4.69) is 4.74 Å². The van der Waals surface area contributed by atoms with Gasteiger partial charge in [-0.3, -0.25) is 0 Å². The molecular formula is C11H9ClO4. The van der Waals surface area contributed by atoms with Crippen LogP contribution in [0.25, 0.3) is 0 Å². The predicted octanol–water partition coefficient (Wildman–Crippen LogP) is 1.59. The number of rotatable bonds is 1. The van der Waals surface area contributed by atoms with Crippen LogP contribution in [0.15, 0.2) is 18.2 Å². The van der Waals surface area contributed by atoms with Crippen molar-refractivity contribution in [3.63, 3.8) is 0 Å². The highest BCUT2D eigenvalue weighted by molar-refractivity contribution is 6.32. The molecule has 1 atom stereocenters. The molecule has 0 radical (unpaired) electrons. The van der Waals surface area contributed by atoms with E-state index < -0.39 is 18.0 Å². The Morgan fingerprint density at radius 2 is 2.31 bits per heavy atom. The number of fused-ring (bicyclic) bond motifs is 1. The molecule has 1 aliphatic rings. The topological polar surface area (TPSA) is 52.6 Å². The van der Waals surface area contributed by atoms with E-state index in [9.17, 15) is 9.59 Å². The molecule has 1 unspecified atom stereocenters. The third-order valence-electron chi connectivity index (χ3n) is 2.44. The molecule has 1 aliphatic heterocycles. The fourth-order valence-electron chi connectivity index (χ4n) is 1.64. The van der Waals surface area contributed by atoms with Gasteiger partial charge >= 0.3 is 11.9 Å². The summed E-state index contributed by atoms with van der Waals surface area (Å²) in [5, 5.41) is 0.461. The molecular weight excluding hydrogens is 232 g/mol. The molecule has 0 aromatic heterocycles. The smallest absolute Gasteiger partial charge is 0.347 e. The first kappa shape index (κ1) is 11.0. The highest BCUT2D eigenvalue weighted by atomic mass is 35.5. The van der Waals surface area contributed by atoms with Crippen molar-refractivity contribution in [3.8, 4) is 0 Å². The van der Waals surface area contributed by atoms with Crippen LogP contribution < -0.4 is 0 Å². The lowest BCUT2D eigenvalue weighted by Gasteiger charge is -2.23. The molecule has 16 heavy (non-hydrogen) atoms. The number of esters is 2. The summed E-state index contributed by atoms with van der Waals surface area (Å²) in [7, 11) is 1.25. The Labute approximate surface area is 97.1 Å². The molecule has 0 amide bonds. The second kappa shape index (κ2) is 4.14. The molecule has 1 aromatic rings. The number of hydrogen-bond donors (Lipinski definition) is 0. The lowest BCUT2D eigenvalue weighted by atomic mass is 9.98. The largest absolute Gasteiger partial charge is 0.466 e. The SMILES string of the molecule is COC(=O)C1Cc2c(Cl)cccc2C(=O)O1. The van der Waals surface area contributed by atoms with E-state index in [-0.39, 0.29) is 6.42 Å². The van der Waals surface area contributed by atoms with Gasteiger partial charge in [-0.15, -0.1) is 0 Å². The molecule has 0 saturated carbocycles. The van der Waals surface area contributed by atoms with E-state index in [1.165, 1.54) is 7.11 Å². The first-order chi connectivity index (χ1) is 7.63. The maximum Gasteiger partial charge on any atom is 0.347 e. The second-order valence-corrected chi connectivity index (χ2v) is 3.79. The standard InChI is InChI=1S/C11H9ClO4/c1-15-11(14)9-5-7-6(10(13)16-9)3-2-4-8(7)12/h2-4,9H,5H2,1H3. The Hall–Kier alpha value is -1.55. The van der Waals surface area contributed by atoms with E-state index in [4.69, 9.17) is 16.3 Å². The highest BCUT2D eigenvalue weighted by Gasteiger charge is 2.32. The van der Waals surface area contributed by atoms with E-state index in [0.717, 1.165) is 0 Å². The van der Waals surface area contributed by atoms with Crippen LogP contribution in [0.3, 0.4) is 0 Å². The maximum absolute atomic E-state index is 11.6. The van der Waals surface area contributed by atoms with Crippen molar-refractivity contribution in [1.82, 2.24) is 0 Å². The normalized spacial score (nSPS) is 18.6. The van der Waals surface area contributed by atoms with Crippen molar-refractivity contribution < 1.29 is 19.1 Å². The summed E-state index contributed by atoms with van der Waals surface area (Å²) in [6.45, 7) is 0. The Morgan fingerprint density at radius 3 is 3.00 bits per heavy atom.